The fourth-order valence-electron chi connectivity index (χ4n) is 1.69. The zero-order valence-corrected chi connectivity index (χ0v) is 12.0. The molecule has 0 fully saturated rings. The van der Waals surface area contributed by atoms with Crippen molar-refractivity contribution < 1.29 is 14.3 Å². The predicted molar refractivity (Wildman–Crippen MR) is 73.4 cm³/mol. The van der Waals surface area contributed by atoms with Gasteiger partial charge < -0.3 is 5.11 Å². The fraction of sp³-hybridized carbons (Fsp3) is 0.154. The van der Waals surface area contributed by atoms with Crippen molar-refractivity contribution in [3.05, 3.63) is 62.0 Å². The molecule has 0 radical (unpaired) electrons. The van der Waals surface area contributed by atoms with Gasteiger partial charge >= 0.3 is 5.97 Å². The van der Waals surface area contributed by atoms with Crippen molar-refractivity contribution in [1.29, 1.82) is 0 Å². The lowest BCUT2D eigenvalue weighted by molar-refractivity contribution is 0.0692. The van der Waals surface area contributed by atoms with Gasteiger partial charge in [0.1, 0.15) is 10.3 Å². The van der Waals surface area contributed by atoms with Crippen LogP contribution in [0.15, 0.2) is 33.8 Å². The van der Waals surface area contributed by atoms with E-state index in [4.69, 9.17) is 5.11 Å². The maximum absolute atomic E-state index is 13.6. The molecule has 5 nitrogen and oxygen atoms in total. The molecule has 0 saturated carbocycles. The Labute approximate surface area is 121 Å². The highest BCUT2D eigenvalue weighted by Gasteiger charge is 2.11. The average molecular weight is 341 g/mol. The molecular weight excluding hydrogens is 331 g/mol. The number of hydrogen-bond acceptors (Lipinski definition) is 3. The van der Waals surface area contributed by atoms with E-state index in [1.165, 1.54) is 23.0 Å². The Balaban J connectivity index is 2.36. The lowest BCUT2D eigenvalue weighted by Crippen LogP contribution is -2.22. The molecule has 2 aromatic rings. The third kappa shape index (κ3) is 2.77. The number of aromatic carboxylic acids is 1. The zero-order chi connectivity index (χ0) is 14.9. The number of benzene rings is 1. The summed E-state index contributed by atoms with van der Waals surface area (Å²) < 4.78 is 15.2. The Kier molecular flexibility index (Phi) is 3.99. The van der Waals surface area contributed by atoms with Crippen molar-refractivity contribution in [2.24, 2.45) is 0 Å². The minimum absolute atomic E-state index is 0.113. The number of carbonyl (C=O) groups is 1. The second-order valence-corrected chi connectivity index (χ2v) is 4.99. The second-order valence-electron chi connectivity index (χ2n) is 4.20. The minimum atomic E-state index is -1.33. The van der Waals surface area contributed by atoms with Crippen molar-refractivity contribution in [2.45, 2.75) is 13.5 Å². The molecule has 0 aliphatic heterocycles. The molecule has 1 heterocycles. The highest BCUT2D eigenvalue weighted by atomic mass is 79.9. The molecular formula is C13H10BrFN2O3. The summed E-state index contributed by atoms with van der Waals surface area (Å²) in [6.07, 6.45) is 1.37. The first-order valence-corrected chi connectivity index (χ1v) is 6.42. The molecule has 20 heavy (non-hydrogen) atoms. The maximum atomic E-state index is 13.6. The van der Waals surface area contributed by atoms with Gasteiger partial charge in [-0.3, -0.25) is 9.36 Å². The Bertz CT molecular complexity index is 743. The first-order chi connectivity index (χ1) is 9.40. The molecule has 0 aliphatic rings. The van der Waals surface area contributed by atoms with Crippen LogP contribution in [0.25, 0.3) is 0 Å². The number of halogens is 2. The number of hydrogen-bond donors (Lipinski definition) is 1. The number of carboxylic acids is 1. The molecule has 7 heteroatoms. The molecule has 0 saturated heterocycles. The normalized spacial score (nSPS) is 10.6. The van der Waals surface area contributed by atoms with Crippen LogP contribution < -0.4 is 5.56 Å². The van der Waals surface area contributed by atoms with Crippen molar-refractivity contribution >= 4 is 21.9 Å². The quantitative estimate of drug-likeness (QED) is 0.929. The van der Waals surface area contributed by atoms with Gasteiger partial charge in [0.05, 0.1) is 24.1 Å². The summed E-state index contributed by atoms with van der Waals surface area (Å²) in [7, 11) is 0. The van der Waals surface area contributed by atoms with E-state index in [0.717, 1.165) is 6.07 Å². The van der Waals surface area contributed by atoms with Crippen LogP contribution in [-0.4, -0.2) is 20.6 Å². The molecule has 104 valence electrons. The summed E-state index contributed by atoms with van der Waals surface area (Å²) in [5.41, 5.74) is 0.371. The summed E-state index contributed by atoms with van der Waals surface area (Å²) in [5, 5.41) is 8.75. The molecule has 1 N–H and O–H groups in total. The summed E-state index contributed by atoms with van der Waals surface area (Å²) in [4.78, 5) is 26.7. The SMILES string of the molecule is Cc1ncn(Cc2ccc(C(=O)O)c(F)c2)c(=O)c1Br. The molecule has 0 amide bonds. The van der Waals surface area contributed by atoms with Crippen LogP contribution in [0.1, 0.15) is 21.6 Å². The first-order valence-electron chi connectivity index (χ1n) is 5.63. The second kappa shape index (κ2) is 5.54. The molecule has 1 aromatic carbocycles. The minimum Gasteiger partial charge on any atom is -0.478 e. The first kappa shape index (κ1) is 14.4. The van der Waals surface area contributed by atoms with Crippen LogP contribution in [0.4, 0.5) is 4.39 Å². The molecule has 1 aromatic heterocycles. The van der Waals surface area contributed by atoms with Crippen molar-refractivity contribution in [3.8, 4) is 0 Å². The Morgan fingerprint density at radius 2 is 2.20 bits per heavy atom. The van der Waals surface area contributed by atoms with Crippen molar-refractivity contribution in [1.82, 2.24) is 9.55 Å². The van der Waals surface area contributed by atoms with Crippen LogP contribution in [0.2, 0.25) is 0 Å². The lowest BCUT2D eigenvalue weighted by atomic mass is 10.1. The van der Waals surface area contributed by atoms with Crippen molar-refractivity contribution in [2.75, 3.05) is 0 Å². The van der Waals surface area contributed by atoms with Gasteiger partial charge in [-0.2, -0.15) is 0 Å². The van der Waals surface area contributed by atoms with E-state index < -0.39 is 17.3 Å². The highest BCUT2D eigenvalue weighted by molar-refractivity contribution is 9.10. The van der Waals surface area contributed by atoms with E-state index in [9.17, 15) is 14.0 Å². The van der Waals surface area contributed by atoms with Gasteiger partial charge in [-0.25, -0.2) is 14.2 Å². The summed E-state index contributed by atoms with van der Waals surface area (Å²) in [6, 6.07) is 3.74. The van der Waals surface area contributed by atoms with E-state index in [-0.39, 0.29) is 12.1 Å². The van der Waals surface area contributed by atoms with Gasteiger partial charge in [0.2, 0.25) is 0 Å². The van der Waals surface area contributed by atoms with E-state index in [0.29, 0.717) is 15.7 Å². The smallest absolute Gasteiger partial charge is 0.338 e. The molecule has 0 spiro atoms. The third-order valence-electron chi connectivity index (χ3n) is 2.77. The Hall–Kier alpha value is -2.02. The predicted octanol–water partition coefficient (Wildman–Crippen LogP) is 2.20. The molecule has 0 bridgehead atoms. The zero-order valence-electron chi connectivity index (χ0n) is 10.4. The summed E-state index contributed by atoms with van der Waals surface area (Å²) in [5.74, 6) is -2.16. The highest BCUT2D eigenvalue weighted by Crippen LogP contribution is 2.12. The van der Waals surface area contributed by atoms with Crippen LogP contribution >= 0.6 is 15.9 Å². The van der Waals surface area contributed by atoms with Gasteiger partial charge in [0.15, 0.2) is 0 Å². The number of aryl methyl sites for hydroxylation is 1. The maximum Gasteiger partial charge on any atom is 0.338 e. The van der Waals surface area contributed by atoms with Crippen LogP contribution in [0.3, 0.4) is 0 Å². The Morgan fingerprint density at radius 1 is 1.50 bits per heavy atom. The van der Waals surface area contributed by atoms with Gasteiger partial charge in [-0.15, -0.1) is 0 Å². The average Bonchev–Trinajstić information content (AvgIpc) is 2.39. The standard InChI is InChI=1S/C13H10BrFN2O3/c1-7-11(14)12(18)17(6-16-7)5-8-2-3-9(13(19)20)10(15)4-8/h2-4,6H,5H2,1H3,(H,19,20). The lowest BCUT2D eigenvalue weighted by Gasteiger charge is -2.08. The molecule has 0 aliphatic carbocycles. The van der Waals surface area contributed by atoms with Gasteiger partial charge in [-0.1, -0.05) is 6.07 Å². The van der Waals surface area contributed by atoms with Crippen molar-refractivity contribution in [3.63, 3.8) is 0 Å². The van der Waals surface area contributed by atoms with Crippen LogP contribution in [-0.2, 0) is 6.54 Å². The molecule has 2 rings (SSSR count). The van der Waals surface area contributed by atoms with E-state index in [1.807, 2.05) is 0 Å². The fourth-order valence-corrected chi connectivity index (χ4v) is 2.02. The summed E-state index contributed by atoms with van der Waals surface area (Å²) >= 11 is 3.14. The van der Waals surface area contributed by atoms with Gasteiger partial charge in [0.25, 0.3) is 5.56 Å². The van der Waals surface area contributed by atoms with Gasteiger partial charge in [0, 0.05) is 0 Å². The number of aromatic nitrogens is 2. The number of rotatable bonds is 3. The number of nitrogens with zero attached hydrogens (tertiary/aromatic N) is 2. The van der Waals surface area contributed by atoms with E-state index >= 15 is 0 Å². The van der Waals surface area contributed by atoms with Crippen LogP contribution in [0.5, 0.6) is 0 Å². The largest absolute Gasteiger partial charge is 0.478 e. The topological polar surface area (TPSA) is 72.2 Å². The van der Waals surface area contributed by atoms with E-state index in [1.54, 1.807) is 6.92 Å². The molecule has 0 atom stereocenters. The van der Waals surface area contributed by atoms with E-state index in [2.05, 4.69) is 20.9 Å². The summed E-state index contributed by atoms with van der Waals surface area (Å²) in [6.45, 7) is 1.80. The van der Waals surface area contributed by atoms with Gasteiger partial charge in [-0.05, 0) is 40.5 Å². The van der Waals surface area contributed by atoms with Crippen LogP contribution in [0, 0.1) is 12.7 Å². The Morgan fingerprint density at radius 3 is 2.80 bits per heavy atom. The number of carboxylic acid groups (broad SMARTS) is 1. The third-order valence-corrected chi connectivity index (χ3v) is 3.69. The molecule has 0 unspecified atom stereocenters. The monoisotopic (exact) mass is 340 g/mol.